The molecule has 0 saturated carbocycles. The molecule has 0 saturated heterocycles. The van der Waals surface area contributed by atoms with Crippen LogP contribution in [-0.2, 0) is 0 Å². The highest BCUT2D eigenvalue weighted by atomic mass is 32.1. The summed E-state index contributed by atoms with van der Waals surface area (Å²) in [6.07, 6.45) is 0. The molecule has 8 rings (SSSR count). The maximum Gasteiger partial charge on any atom is 0.100 e. The Kier molecular flexibility index (Phi) is 5.66. The van der Waals surface area contributed by atoms with Gasteiger partial charge in [0, 0.05) is 57.0 Å². The fourth-order valence-corrected chi connectivity index (χ4v) is 8.34. The van der Waals surface area contributed by atoms with E-state index < -0.39 is 0 Å². The Morgan fingerprint density at radius 1 is 0.405 bits per heavy atom. The fraction of sp³-hybridized carbons (Fsp3) is 0. The van der Waals surface area contributed by atoms with Gasteiger partial charge in [-0.25, -0.2) is 0 Å². The van der Waals surface area contributed by atoms with E-state index in [0.29, 0.717) is 16.7 Å². The molecule has 8 aromatic rings. The van der Waals surface area contributed by atoms with Crippen LogP contribution in [0.3, 0.4) is 0 Å². The molecule has 0 N–H and O–H groups in total. The van der Waals surface area contributed by atoms with Crippen molar-refractivity contribution >= 4 is 63.0 Å². The van der Waals surface area contributed by atoms with Crippen LogP contribution in [0.4, 0.5) is 0 Å². The summed E-state index contributed by atoms with van der Waals surface area (Å²) in [5.41, 5.74) is 6.19. The molecule has 194 valence electrons. The molecule has 6 aromatic carbocycles. The molecule has 0 fully saturated rings. The summed E-state index contributed by atoms with van der Waals surface area (Å²) >= 11 is 3.50. The smallest absolute Gasteiger partial charge is 0.100 e. The lowest BCUT2D eigenvalue weighted by molar-refractivity contribution is 1.43. The number of hydrogen-bond donors (Lipinski definition) is 0. The Labute approximate surface area is 250 Å². The first-order valence-corrected chi connectivity index (χ1v) is 15.3. The highest BCUT2D eigenvalue weighted by molar-refractivity contribution is 7.26. The second kappa shape index (κ2) is 9.68. The van der Waals surface area contributed by atoms with E-state index in [2.05, 4.69) is 97.1 Å². The lowest BCUT2D eigenvalue weighted by Gasteiger charge is -2.17. The summed E-state index contributed by atoms with van der Waals surface area (Å²) in [5.74, 6) is 0. The van der Waals surface area contributed by atoms with Gasteiger partial charge in [0.1, 0.15) is 12.1 Å². The van der Waals surface area contributed by atoms with E-state index in [1.54, 1.807) is 22.7 Å². The molecule has 0 bridgehead atoms. The molecule has 0 unspecified atom stereocenters. The van der Waals surface area contributed by atoms with Crippen molar-refractivity contribution < 1.29 is 0 Å². The predicted octanol–water partition coefficient (Wildman–Crippen LogP) is 11.2. The molecule has 0 spiro atoms. The van der Waals surface area contributed by atoms with Crippen LogP contribution in [0.25, 0.3) is 73.7 Å². The van der Waals surface area contributed by atoms with Crippen LogP contribution in [0.1, 0.15) is 11.1 Å². The molecule has 0 aliphatic carbocycles. The Morgan fingerprint density at radius 3 is 1.48 bits per heavy atom. The molecule has 0 amide bonds. The fourth-order valence-electron chi connectivity index (χ4n) is 6.05. The predicted molar refractivity (Wildman–Crippen MR) is 178 cm³/mol. The van der Waals surface area contributed by atoms with E-state index in [4.69, 9.17) is 0 Å². The van der Waals surface area contributed by atoms with Crippen molar-refractivity contribution in [1.29, 1.82) is 10.5 Å². The lowest BCUT2D eigenvalue weighted by Crippen LogP contribution is -1.98. The third-order valence-electron chi connectivity index (χ3n) is 7.99. The van der Waals surface area contributed by atoms with E-state index in [-0.39, 0.29) is 0 Å². The first kappa shape index (κ1) is 24.5. The second-order valence-electron chi connectivity index (χ2n) is 10.3. The van der Waals surface area contributed by atoms with E-state index in [1.165, 1.54) is 35.6 Å². The molecule has 4 heteroatoms. The average molecular weight is 569 g/mol. The van der Waals surface area contributed by atoms with Crippen molar-refractivity contribution in [3.05, 3.63) is 132 Å². The third kappa shape index (κ3) is 3.75. The Hall–Kier alpha value is -5.26. The van der Waals surface area contributed by atoms with Crippen LogP contribution in [0.5, 0.6) is 0 Å². The van der Waals surface area contributed by atoms with Gasteiger partial charge >= 0.3 is 0 Å². The van der Waals surface area contributed by atoms with Gasteiger partial charge in [-0.3, -0.25) is 0 Å². The van der Waals surface area contributed by atoms with Gasteiger partial charge in [-0.2, -0.15) is 10.5 Å². The van der Waals surface area contributed by atoms with Gasteiger partial charge in [0.15, 0.2) is 0 Å². The number of fused-ring (bicyclic) bond motifs is 6. The van der Waals surface area contributed by atoms with Gasteiger partial charge in [0.25, 0.3) is 0 Å². The summed E-state index contributed by atoms with van der Waals surface area (Å²) < 4.78 is 4.78. The minimum absolute atomic E-state index is 0.518. The van der Waals surface area contributed by atoms with Crippen molar-refractivity contribution in [2.75, 3.05) is 0 Å². The normalized spacial score (nSPS) is 11.3. The average Bonchev–Trinajstić information content (AvgIpc) is 3.61. The van der Waals surface area contributed by atoms with Crippen molar-refractivity contribution in [2.45, 2.75) is 0 Å². The van der Waals surface area contributed by atoms with Gasteiger partial charge in [0.2, 0.25) is 0 Å². The SMILES string of the molecule is N#Cc1c(-c2ccccc2)cc(-c2ccc3c(c2)sc2ccccc23)c(C#N)c1-c1ccc2c(c1)sc1ccccc12. The zero-order chi connectivity index (χ0) is 28.2. The van der Waals surface area contributed by atoms with Crippen molar-refractivity contribution in [3.63, 3.8) is 0 Å². The van der Waals surface area contributed by atoms with Crippen molar-refractivity contribution in [2.24, 2.45) is 0 Å². The Bertz CT molecular complexity index is 2430. The summed E-state index contributed by atoms with van der Waals surface area (Å²) in [5, 5.41) is 26.2. The Morgan fingerprint density at radius 2 is 0.881 bits per heavy atom. The lowest BCUT2D eigenvalue weighted by atomic mass is 9.84. The number of nitrogens with zero attached hydrogens (tertiary/aromatic N) is 2. The first-order valence-electron chi connectivity index (χ1n) is 13.6. The molecule has 42 heavy (non-hydrogen) atoms. The summed E-state index contributed by atoms with van der Waals surface area (Å²) in [6.45, 7) is 0. The minimum Gasteiger partial charge on any atom is -0.192 e. The number of thiophene rings is 2. The summed E-state index contributed by atoms with van der Waals surface area (Å²) in [7, 11) is 0. The van der Waals surface area contributed by atoms with Crippen LogP contribution in [0.2, 0.25) is 0 Å². The van der Waals surface area contributed by atoms with Gasteiger partial charge in [-0.05, 0) is 47.0 Å². The largest absolute Gasteiger partial charge is 0.192 e. The van der Waals surface area contributed by atoms with Gasteiger partial charge in [-0.15, -0.1) is 22.7 Å². The number of hydrogen-bond acceptors (Lipinski definition) is 4. The molecular formula is C38H20N2S2. The molecule has 2 nitrogen and oxygen atoms in total. The summed E-state index contributed by atoms with van der Waals surface area (Å²) in [6, 6.07) is 46.7. The number of rotatable bonds is 3. The van der Waals surface area contributed by atoms with Crippen LogP contribution in [0.15, 0.2) is 121 Å². The van der Waals surface area contributed by atoms with Crippen molar-refractivity contribution in [3.8, 4) is 45.5 Å². The standard InChI is InChI=1S/C38H20N2S2/c39-21-32-30(23-8-2-1-3-9-23)20-31(24-14-16-28-26-10-4-6-12-34(26)41-36(28)18-24)33(22-40)38(32)25-15-17-29-27-11-5-7-13-35(27)42-37(29)19-25/h1-20H. The van der Waals surface area contributed by atoms with Crippen LogP contribution in [0, 0.1) is 22.7 Å². The zero-order valence-corrected chi connectivity index (χ0v) is 23.9. The monoisotopic (exact) mass is 568 g/mol. The molecule has 2 aromatic heterocycles. The topological polar surface area (TPSA) is 47.6 Å². The quantitative estimate of drug-likeness (QED) is 0.213. The number of benzene rings is 6. The molecule has 0 aliphatic rings. The maximum atomic E-state index is 10.7. The van der Waals surface area contributed by atoms with E-state index >= 15 is 0 Å². The first-order chi connectivity index (χ1) is 20.7. The molecule has 0 atom stereocenters. The van der Waals surface area contributed by atoms with Crippen molar-refractivity contribution in [1.82, 2.24) is 0 Å². The minimum atomic E-state index is 0.518. The maximum absolute atomic E-state index is 10.7. The highest BCUT2D eigenvalue weighted by Gasteiger charge is 2.22. The van der Waals surface area contributed by atoms with E-state index in [1.807, 2.05) is 36.4 Å². The highest BCUT2D eigenvalue weighted by Crippen LogP contribution is 2.44. The molecule has 0 radical (unpaired) electrons. The van der Waals surface area contributed by atoms with Gasteiger partial charge < -0.3 is 0 Å². The van der Waals surface area contributed by atoms with Crippen LogP contribution < -0.4 is 0 Å². The molecule has 2 heterocycles. The van der Waals surface area contributed by atoms with E-state index in [9.17, 15) is 10.5 Å². The Balaban J connectivity index is 1.44. The summed E-state index contributed by atoms with van der Waals surface area (Å²) in [4.78, 5) is 0. The molecular weight excluding hydrogens is 549 g/mol. The van der Waals surface area contributed by atoms with Crippen LogP contribution in [-0.4, -0.2) is 0 Å². The van der Waals surface area contributed by atoms with Gasteiger partial charge in [0.05, 0.1) is 11.1 Å². The third-order valence-corrected chi connectivity index (χ3v) is 10.3. The van der Waals surface area contributed by atoms with Gasteiger partial charge in [-0.1, -0.05) is 91.0 Å². The zero-order valence-electron chi connectivity index (χ0n) is 22.3. The number of nitriles is 2. The van der Waals surface area contributed by atoms with Crippen LogP contribution >= 0.6 is 22.7 Å². The van der Waals surface area contributed by atoms with E-state index in [0.717, 1.165) is 32.5 Å². The second-order valence-corrected chi connectivity index (χ2v) is 12.5. The molecule has 0 aliphatic heterocycles.